The number of esters is 1. The Balaban J connectivity index is 1.66. The summed E-state index contributed by atoms with van der Waals surface area (Å²) < 4.78 is 4.80. The van der Waals surface area contributed by atoms with E-state index in [9.17, 15) is 14.4 Å². The zero-order valence-corrected chi connectivity index (χ0v) is 20.4. The first kappa shape index (κ1) is 25.5. The van der Waals surface area contributed by atoms with Gasteiger partial charge in [-0.2, -0.15) is 0 Å². The average Bonchev–Trinajstić information content (AvgIpc) is 3.19. The highest BCUT2D eigenvalue weighted by Crippen LogP contribution is 2.38. The summed E-state index contributed by atoms with van der Waals surface area (Å²) in [5.41, 5.74) is 3.42. The second-order valence-electron chi connectivity index (χ2n) is 9.58. The van der Waals surface area contributed by atoms with E-state index in [0.29, 0.717) is 36.3 Å². The van der Waals surface area contributed by atoms with Crippen molar-refractivity contribution in [3.63, 3.8) is 0 Å². The third kappa shape index (κ3) is 6.46. The van der Waals surface area contributed by atoms with Crippen molar-refractivity contribution in [1.29, 1.82) is 0 Å². The van der Waals surface area contributed by atoms with Crippen molar-refractivity contribution >= 4 is 28.9 Å². The summed E-state index contributed by atoms with van der Waals surface area (Å²) in [5, 5.41) is 11.7. The second-order valence-corrected chi connectivity index (χ2v) is 9.58. The molecule has 2 aromatic rings. The molecule has 1 aromatic carbocycles. The van der Waals surface area contributed by atoms with Crippen LogP contribution in [-0.2, 0) is 20.7 Å². The molecule has 0 bridgehead atoms. The van der Waals surface area contributed by atoms with Gasteiger partial charge >= 0.3 is 11.9 Å². The maximum atomic E-state index is 12.1. The first-order valence-corrected chi connectivity index (χ1v) is 11.9. The lowest BCUT2D eigenvalue weighted by atomic mass is 9.69. The first-order chi connectivity index (χ1) is 16.2. The summed E-state index contributed by atoms with van der Waals surface area (Å²) in [6, 6.07) is 5.32. The molecule has 0 spiro atoms. The van der Waals surface area contributed by atoms with Crippen LogP contribution in [0.15, 0.2) is 29.8 Å². The zero-order valence-electron chi connectivity index (χ0n) is 20.4. The van der Waals surface area contributed by atoms with Crippen molar-refractivity contribution in [2.24, 2.45) is 23.7 Å². The molecule has 3 unspecified atom stereocenters. The largest absolute Gasteiger partial charge is 0.481 e. The van der Waals surface area contributed by atoms with Crippen LogP contribution in [-0.4, -0.2) is 46.6 Å². The Kier molecular flexibility index (Phi) is 8.47. The number of nitrogens with zero attached hydrogens (tertiary/aromatic N) is 1. The minimum Gasteiger partial charge on any atom is -0.481 e. The van der Waals surface area contributed by atoms with Crippen LogP contribution in [0, 0.1) is 23.7 Å². The van der Waals surface area contributed by atoms with Crippen LogP contribution < -0.4 is 5.32 Å². The number of hydrogen-bond donors (Lipinski definition) is 3. The standard InChI is InChI=1S/C26H35N3O5/c1-15(2)20-11-18(16(3)10-19(20)14-27-24(30)6-5-7-25(31)32)13-23-28-21-9-8-17(26(33)34-4)12-22(21)29-23/h8-10,12,15,18-20H,5-7,11,13-14H2,1-4H3,(H,27,30)(H,28,29)(H,31,32). The molecule has 3 rings (SSSR count). The Morgan fingerprint density at radius 1 is 1.26 bits per heavy atom. The molecular formula is C26H35N3O5. The number of amides is 1. The number of imidazole rings is 1. The molecule has 1 aliphatic carbocycles. The number of carbonyl (C=O) groups excluding carboxylic acids is 2. The van der Waals surface area contributed by atoms with E-state index in [-0.39, 0.29) is 30.6 Å². The summed E-state index contributed by atoms with van der Waals surface area (Å²) in [6.45, 7) is 7.14. The van der Waals surface area contributed by atoms with Gasteiger partial charge in [0.2, 0.25) is 5.91 Å². The maximum absolute atomic E-state index is 12.1. The Bertz CT molecular complexity index is 1070. The fourth-order valence-electron chi connectivity index (χ4n) is 4.87. The normalized spacial score (nSPS) is 20.3. The molecule has 1 heterocycles. The molecule has 0 radical (unpaired) electrons. The molecule has 184 valence electrons. The third-order valence-electron chi connectivity index (χ3n) is 6.81. The van der Waals surface area contributed by atoms with Crippen LogP contribution in [0.4, 0.5) is 0 Å². The molecule has 0 saturated heterocycles. The highest BCUT2D eigenvalue weighted by atomic mass is 16.5. The number of carboxylic acid groups (broad SMARTS) is 1. The number of methoxy groups -OCH3 is 1. The van der Waals surface area contributed by atoms with Gasteiger partial charge in [0.15, 0.2) is 0 Å². The quantitative estimate of drug-likeness (QED) is 0.355. The van der Waals surface area contributed by atoms with E-state index in [1.165, 1.54) is 12.7 Å². The number of rotatable bonds is 10. The third-order valence-corrected chi connectivity index (χ3v) is 6.81. The minimum absolute atomic E-state index is 0.0119. The molecule has 1 amide bonds. The summed E-state index contributed by atoms with van der Waals surface area (Å²) >= 11 is 0. The molecule has 8 heteroatoms. The highest BCUT2D eigenvalue weighted by molar-refractivity contribution is 5.93. The number of benzene rings is 1. The van der Waals surface area contributed by atoms with Crippen LogP contribution in [0.1, 0.15) is 62.6 Å². The van der Waals surface area contributed by atoms with Crippen LogP contribution in [0.2, 0.25) is 0 Å². The fourth-order valence-corrected chi connectivity index (χ4v) is 4.87. The molecule has 1 aliphatic rings. The van der Waals surface area contributed by atoms with E-state index in [2.05, 4.69) is 37.1 Å². The Labute approximate surface area is 200 Å². The van der Waals surface area contributed by atoms with E-state index in [1.54, 1.807) is 12.1 Å². The predicted molar refractivity (Wildman–Crippen MR) is 129 cm³/mol. The lowest BCUT2D eigenvalue weighted by Gasteiger charge is -2.37. The van der Waals surface area contributed by atoms with E-state index >= 15 is 0 Å². The number of hydrogen-bond acceptors (Lipinski definition) is 5. The van der Waals surface area contributed by atoms with Crippen LogP contribution in [0.25, 0.3) is 11.0 Å². The van der Waals surface area contributed by atoms with Gasteiger partial charge in [0.1, 0.15) is 5.82 Å². The van der Waals surface area contributed by atoms with E-state index in [0.717, 1.165) is 29.7 Å². The number of ether oxygens (including phenoxy) is 1. The molecule has 8 nitrogen and oxygen atoms in total. The van der Waals surface area contributed by atoms with Gasteiger partial charge in [0.05, 0.1) is 23.7 Å². The molecule has 0 aliphatic heterocycles. The number of nitrogens with one attached hydrogen (secondary N) is 2. The lowest BCUT2D eigenvalue weighted by molar-refractivity contribution is -0.137. The first-order valence-electron chi connectivity index (χ1n) is 11.9. The summed E-state index contributed by atoms with van der Waals surface area (Å²) in [5.74, 6) is 1.02. The van der Waals surface area contributed by atoms with E-state index < -0.39 is 5.97 Å². The monoisotopic (exact) mass is 469 g/mol. The molecular weight excluding hydrogens is 434 g/mol. The number of allylic oxidation sites excluding steroid dienone is 1. The van der Waals surface area contributed by atoms with Crippen LogP contribution in [0.3, 0.4) is 0 Å². The van der Waals surface area contributed by atoms with Crippen molar-refractivity contribution in [3.05, 3.63) is 41.2 Å². The Hall–Kier alpha value is -3.16. The van der Waals surface area contributed by atoms with Crippen molar-refractivity contribution < 1.29 is 24.2 Å². The lowest BCUT2D eigenvalue weighted by Crippen LogP contribution is -2.37. The van der Waals surface area contributed by atoms with Gasteiger partial charge in [-0.25, -0.2) is 9.78 Å². The molecule has 3 N–H and O–H groups in total. The van der Waals surface area contributed by atoms with Gasteiger partial charge in [0, 0.05) is 25.8 Å². The van der Waals surface area contributed by atoms with Crippen molar-refractivity contribution in [2.75, 3.05) is 13.7 Å². The minimum atomic E-state index is -0.877. The SMILES string of the molecule is COC(=O)c1ccc2nc(CC3CC(C(C)C)C(CNC(=O)CCCC(=O)O)C=C3C)[nH]c2c1. The second kappa shape index (κ2) is 11.3. The number of H-pyrrole nitrogens is 1. The molecule has 0 saturated carbocycles. The number of carboxylic acids is 1. The number of carbonyl (C=O) groups is 3. The van der Waals surface area contributed by atoms with E-state index in [4.69, 9.17) is 14.8 Å². The summed E-state index contributed by atoms with van der Waals surface area (Å²) in [6.07, 6.45) is 4.67. The van der Waals surface area contributed by atoms with Gasteiger partial charge in [0.25, 0.3) is 0 Å². The summed E-state index contributed by atoms with van der Waals surface area (Å²) in [7, 11) is 1.37. The van der Waals surface area contributed by atoms with E-state index in [1.807, 2.05) is 6.07 Å². The molecule has 0 fully saturated rings. The number of aromatic amines is 1. The molecule has 34 heavy (non-hydrogen) atoms. The number of aromatic nitrogens is 2. The van der Waals surface area contributed by atoms with Crippen molar-refractivity contribution in [1.82, 2.24) is 15.3 Å². The average molecular weight is 470 g/mol. The van der Waals surface area contributed by atoms with Gasteiger partial charge in [-0.1, -0.05) is 25.5 Å². The zero-order chi connectivity index (χ0) is 24.8. The van der Waals surface area contributed by atoms with Gasteiger partial charge in [-0.15, -0.1) is 0 Å². The number of fused-ring (bicyclic) bond motifs is 1. The number of aliphatic carboxylic acids is 1. The fraction of sp³-hybridized carbons (Fsp3) is 0.538. The maximum Gasteiger partial charge on any atom is 0.337 e. The van der Waals surface area contributed by atoms with Gasteiger partial charge in [-0.05, 0) is 61.6 Å². The highest BCUT2D eigenvalue weighted by Gasteiger charge is 2.32. The van der Waals surface area contributed by atoms with Crippen LogP contribution in [0.5, 0.6) is 0 Å². The topological polar surface area (TPSA) is 121 Å². The summed E-state index contributed by atoms with van der Waals surface area (Å²) in [4.78, 5) is 42.7. The Morgan fingerprint density at radius 2 is 2.03 bits per heavy atom. The van der Waals surface area contributed by atoms with Gasteiger partial charge in [-0.3, -0.25) is 9.59 Å². The van der Waals surface area contributed by atoms with Crippen molar-refractivity contribution in [2.45, 2.75) is 52.9 Å². The molecule has 3 atom stereocenters. The van der Waals surface area contributed by atoms with Crippen LogP contribution >= 0.6 is 0 Å². The smallest absolute Gasteiger partial charge is 0.337 e. The van der Waals surface area contributed by atoms with Crippen molar-refractivity contribution in [3.8, 4) is 0 Å². The van der Waals surface area contributed by atoms with Gasteiger partial charge < -0.3 is 20.1 Å². The predicted octanol–water partition coefficient (Wildman–Crippen LogP) is 4.12. The molecule has 1 aromatic heterocycles. The Morgan fingerprint density at radius 3 is 2.71 bits per heavy atom.